The van der Waals surface area contributed by atoms with Crippen molar-refractivity contribution in [3.63, 3.8) is 0 Å². The van der Waals surface area contributed by atoms with Crippen molar-refractivity contribution in [3.05, 3.63) is 35.0 Å². The van der Waals surface area contributed by atoms with Gasteiger partial charge >= 0.3 is 6.09 Å². The molecule has 0 saturated carbocycles. The van der Waals surface area contributed by atoms with Crippen LogP contribution in [0.3, 0.4) is 0 Å². The first-order valence-electron chi connectivity index (χ1n) is 11.3. The van der Waals surface area contributed by atoms with Crippen molar-refractivity contribution in [1.29, 1.82) is 0 Å². The second kappa shape index (κ2) is 11.4. The number of nitrogens with one attached hydrogen (secondary N) is 1. The van der Waals surface area contributed by atoms with Gasteiger partial charge in [-0.2, -0.15) is 5.10 Å². The molecule has 3 rings (SSSR count). The summed E-state index contributed by atoms with van der Waals surface area (Å²) in [6.07, 6.45) is 0.619. The number of ether oxygens (including phenoxy) is 4. The number of rotatable bonds is 8. The van der Waals surface area contributed by atoms with Gasteiger partial charge in [-0.1, -0.05) is 29.8 Å². The Morgan fingerprint density at radius 1 is 1.24 bits per heavy atom. The van der Waals surface area contributed by atoms with Crippen molar-refractivity contribution >= 4 is 23.5 Å². The number of nitrogens with zero attached hydrogens (tertiary/aromatic N) is 3. The van der Waals surface area contributed by atoms with E-state index in [0.29, 0.717) is 17.3 Å². The van der Waals surface area contributed by atoms with Crippen molar-refractivity contribution in [1.82, 2.24) is 15.1 Å². The van der Waals surface area contributed by atoms with E-state index < -0.39 is 18.0 Å². The van der Waals surface area contributed by atoms with Gasteiger partial charge in [-0.25, -0.2) is 9.48 Å². The van der Waals surface area contributed by atoms with Crippen LogP contribution in [-0.2, 0) is 25.7 Å². The third-order valence-electron chi connectivity index (χ3n) is 5.44. The maximum Gasteiger partial charge on any atom is 0.407 e. The number of carbonyl (C=O) groups is 1. The molecule has 1 N–H and O–H groups in total. The number of piperidine rings is 1. The summed E-state index contributed by atoms with van der Waals surface area (Å²) in [6.45, 7) is 7.14. The zero-order valence-corrected chi connectivity index (χ0v) is 21.5. The van der Waals surface area contributed by atoms with Crippen LogP contribution in [0.5, 0.6) is 0 Å². The highest BCUT2D eigenvalue weighted by molar-refractivity contribution is 6.33. The molecule has 1 aromatic heterocycles. The van der Waals surface area contributed by atoms with E-state index in [1.165, 1.54) is 0 Å². The van der Waals surface area contributed by atoms with Gasteiger partial charge in [0.15, 0.2) is 0 Å². The molecular formula is C24H35ClN4O5. The van der Waals surface area contributed by atoms with Gasteiger partial charge in [0.2, 0.25) is 6.29 Å². The molecule has 0 aliphatic carbocycles. The first-order valence-corrected chi connectivity index (χ1v) is 11.7. The predicted molar refractivity (Wildman–Crippen MR) is 131 cm³/mol. The van der Waals surface area contributed by atoms with Gasteiger partial charge in [-0.3, -0.25) is 0 Å². The second-order valence-corrected chi connectivity index (χ2v) is 9.62. The van der Waals surface area contributed by atoms with Crippen LogP contribution in [0.4, 0.5) is 10.6 Å². The van der Waals surface area contributed by atoms with Crippen LogP contribution < -0.4 is 10.2 Å². The van der Waals surface area contributed by atoms with Crippen molar-refractivity contribution in [2.24, 2.45) is 0 Å². The SMILES string of the molecule is COCn1nc(C(OC)OC)c(-c2ccccc2Cl)c1N1CCC[C@@H](NC(=O)OC(C)(C)C)C1. The zero-order chi connectivity index (χ0) is 24.9. The summed E-state index contributed by atoms with van der Waals surface area (Å²) < 4.78 is 23.8. The Kier molecular flexibility index (Phi) is 8.81. The van der Waals surface area contributed by atoms with Crippen molar-refractivity contribution in [3.8, 4) is 11.1 Å². The summed E-state index contributed by atoms with van der Waals surface area (Å²) in [5, 5.41) is 8.40. The van der Waals surface area contributed by atoms with Gasteiger partial charge in [0.1, 0.15) is 23.8 Å². The minimum Gasteiger partial charge on any atom is -0.444 e. The van der Waals surface area contributed by atoms with E-state index in [4.69, 9.17) is 35.6 Å². The lowest BCUT2D eigenvalue weighted by Crippen LogP contribution is -2.49. The van der Waals surface area contributed by atoms with Gasteiger partial charge < -0.3 is 29.2 Å². The monoisotopic (exact) mass is 494 g/mol. The van der Waals surface area contributed by atoms with E-state index in [9.17, 15) is 4.79 Å². The van der Waals surface area contributed by atoms with E-state index >= 15 is 0 Å². The first kappa shape index (κ1) is 26.3. The van der Waals surface area contributed by atoms with Gasteiger partial charge in [-0.05, 0) is 39.7 Å². The fraction of sp³-hybridized carbons (Fsp3) is 0.583. The molecule has 1 saturated heterocycles. The maximum atomic E-state index is 12.4. The Morgan fingerprint density at radius 2 is 1.94 bits per heavy atom. The van der Waals surface area contributed by atoms with E-state index in [2.05, 4.69) is 10.2 Å². The van der Waals surface area contributed by atoms with Crippen molar-refractivity contribution in [2.75, 3.05) is 39.3 Å². The molecule has 1 amide bonds. The fourth-order valence-electron chi connectivity index (χ4n) is 4.17. The summed E-state index contributed by atoms with van der Waals surface area (Å²) in [5.74, 6) is 0.833. The van der Waals surface area contributed by atoms with Gasteiger partial charge in [0.05, 0.1) is 5.56 Å². The highest BCUT2D eigenvalue weighted by Gasteiger charge is 2.33. The Hall–Kier alpha value is -2.33. The molecule has 1 aromatic carbocycles. The summed E-state index contributed by atoms with van der Waals surface area (Å²) in [5.41, 5.74) is 1.68. The molecule has 10 heteroatoms. The van der Waals surface area contributed by atoms with Crippen LogP contribution in [0.15, 0.2) is 24.3 Å². The van der Waals surface area contributed by atoms with Crippen LogP contribution in [0, 0.1) is 0 Å². The van der Waals surface area contributed by atoms with Crippen molar-refractivity contribution < 1.29 is 23.7 Å². The van der Waals surface area contributed by atoms with Crippen LogP contribution in [0.1, 0.15) is 45.6 Å². The third-order valence-corrected chi connectivity index (χ3v) is 5.77. The Labute approximate surface area is 206 Å². The number of methoxy groups -OCH3 is 3. The molecule has 0 bridgehead atoms. The Balaban J connectivity index is 2.03. The summed E-state index contributed by atoms with van der Waals surface area (Å²) in [4.78, 5) is 14.6. The molecule has 1 aliphatic rings. The number of benzene rings is 1. The average Bonchev–Trinajstić information content (AvgIpc) is 3.13. The lowest BCUT2D eigenvalue weighted by Gasteiger charge is -2.35. The average molecular weight is 495 g/mol. The third kappa shape index (κ3) is 6.21. The lowest BCUT2D eigenvalue weighted by molar-refractivity contribution is -0.108. The summed E-state index contributed by atoms with van der Waals surface area (Å²) in [6, 6.07) is 7.52. The molecule has 0 unspecified atom stereocenters. The smallest absolute Gasteiger partial charge is 0.407 e. The lowest BCUT2D eigenvalue weighted by atomic mass is 10.0. The number of amides is 1. The van der Waals surface area contributed by atoms with Crippen LogP contribution in [0.25, 0.3) is 11.1 Å². The molecular weight excluding hydrogens is 460 g/mol. The standard InChI is InChI=1S/C24H35ClN4O5/c1-24(2,3)34-23(30)26-16-10-9-13-28(14-16)21-19(17-11-7-8-12-18(17)25)20(22(32-5)33-6)27-29(21)15-31-4/h7-8,11-12,16,22H,9-10,13-15H2,1-6H3,(H,26,30)/t16-/m1/s1. The second-order valence-electron chi connectivity index (χ2n) is 9.22. The van der Waals surface area contributed by atoms with E-state index in [-0.39, 0.29) is 12.8 Å². The molecule has 1 atom stereocenters. The molecule has 2 aromatic rings. The summed E-state index contributed by atoms with van der Waals surface area (Å²) in [7, 11) is 4.76. The number of anilines is 1. The Morgan fingerprint density at radius 3 is 2.56 bits per heavy atom. The molecule has 188 valence electrons. The van der Waals surface area contributed by atoms with Crippen molar-refractivity contribution in [2.45, 2.75) is 58.3 Å². The van der Waals surface area contributed by atoms with Crippen LogP contribution >= 0.6 is 11.6 Å². The number of hydrogen-bond acceptors (Lipinski definition) is 7. The van der Waals surface area contributed by atoms with Crippen LogP contribution in [0.2, 0.25) is 5.02 Å². The zero-order valence-electron chi connectivity index (χ0n) is 20.8. The number of hydrogen-bond donors (Lipinski definition) is 1. The van der Waals surface area contributed by atoms with Gasteiger partial charge in [0.25, 0.3) is 0 Å². The quantitative estimate of drug-likeness (QED) is 0.537. The molecule has 1 fully saturated rings. The van der Waals surface area contributed by atoms with Gasteiger partial charge in [0, 0.05) is 51.0 Å². The molecule has 34 heavy (non-hydrogen) atoms. The van der Waals surface area contributed by atoms with E-state index in [1.807, 2.05) is 45.0 Å². The minimum atomic E-state index is -0.691. The maximum absolute atomic E-state index is 12.4. The van der Waals surface area contributed by atoms with Crippen LogP contribution in [-0.4, -0.2) is 61.9 Å². The van der Waals surface area contributed by atoms with E-state index in [0.717, 1.165) is 36.3 Å². The first-order chi connectivity index (χ1) is 16.2. The topological polar surface area (TPSA) is 87.1 Å². The summed E-state index contributed by atoms with van der Waals surface area (Å²) >= 11 is 6.64. The fourth-order valence-corrected chi connectivity index (χ4v) is 4.40. The van der Waals surface area contributed by atoms with E-state index in [1.54, 1.807) is 26.0 Å². The Bertz CT molecular complexity index is 971. The highest BCUT2D eigenvalue weighted by Crippen LogP contribution is 2.42. The number of aromatic nitrogens is 2. The number of carbonyl (C=O) groups excluding carboxylic acids is 1. The number of halogens is 1. The highest BCUT2D eigenvalue weighted by atomic mass is 35.5. The molecule has 2 heterocycles. The molecule has 0 spiro atoms. The largest absolute Gasteiger partial charge is 0.444 e. The van der Waals surface area contributed by atoms with Gasteiger partial charge in [-0.15, -0.1) is 0 Å². The predicted octanol–water partition coefficient (Wildman–Crippen LogP) is 4.59. The number of alkyl carbamates (subject to hydrolysis) is 1. The molecule has 0 radical (unpaired) electrons. The normalized spacial score (nSPS) is 16.7. The molecule has 9 nitrogen and oxygen atoms in total. The minimum absolute atomic E-state index is 0.0855. The molecule has 1 aliphatic heterocycles.